The third kappa shape index (κ3) is 5.34. The third-order valence-corrected chi connectivity index (χ3v) is 3.77. The third-order valence-electron chi connectivity index (χ3n) is 3.77. The van der Waals surface area contributed by atoms with Crippen molar-refractivity contribution in [3.8, 4) is 5.75 Å². The van der Waals surface area contributed by atoms with Crippen molar-refractivity contribution in [1.29, 1.82) is 0 Å². The highest BCUT2D eigenvalue weighted by atomic mass is 16.5. The summed E-state index contributed by atoms with van der Waals surface area (Å²) in [5.74, 6) is 1.17. The van der Waals surface area contributed by atoms with Crippen LogP contribution >= 0.6 is 0 Å². The first-order chi connectivity index (χ1) is 12.7. The Bertz CT molecular complexity index is 861. The van der Waals surface area contributed by atoms with E-state index in [2.05, 4.69) is 15.3 Å². The van der Waals surface area contributed by atoms with Gasteiger partial charge in [0.2, 0.25) is 0 Å². The van der Waals surface area contributed by atoms with Crippen molar-refractivity contribution in [3.05, 3.63) is 89.7 Å². The molecule has 0 saturated carbocycles. The van der Waals surface area contributed by atoms with Crippen LogP contribution in [-0.4, -0.2) is 10.9 Å². The highest BCUT2D eigenvalue weighted by Gasteiger charge is 2.00. The lowest BCUT2D eigenvalue weighted by atomic mass is 10.2. The van der Waals surface area contributed by atoms with Crippen molar-refractivity contribution in [2.45, 2.75) is 20.1 Å². The lowest BCUT2D eigenvalue weighted by molar-refractivity contribution is 0.301. The van der Waals surface area contributed by atoms with Crippen LogP contribution in [0, 0.1) is 6.92 Å². The number of nitrogens with two attached hydrogens (primary N) is 1. The summed E-state index contributed by atoms with van der Waals surface area (Å²) in [6.07, 6.45) is 1.76. The molecule has 3 rings (SSSR count). The Morgan fingerprint density at radius 2 is 1.92 bits per heavy atom. The van der Waals surface area contributed by atoms with Gasteiger partial charge in [-0.1, -0.05) is 35.9 Å². The van der Waals surface area contributed by atoms with Crippen LogP contribution in [0.3, 0.4) is 0 Å². The molecule has 0 radical (unpaired) electrons. The molecule has 0 aliphatic carbocycles. The van der Waals surface area contributed by atoms with Gasteiger partial charge in [0.1, 0.15) is 12.4 Å². The quantitative estimate of drug-likeness (QED) is 0.524. The number of guanidine groups is 1. The van der Waals surface area contributed by atoms with Gasteiger partial charge in [-0.3, -0.25) is 4.98 Å². The van der Waals surface area contributed by atoms with Crippen LogP contribution in [0.15, 0.2) is 77.9 Å². The van der Waals surface area contributed by atoms with Gasteiger partial charge in [-0.25, -0.2) is 4.99 Å². The molecule has 26 heavy (non-hydrogen) atoms. The lowest BCUT2D eigenvalue weighted by Crippen LogP contribution is -2.22. The number of benzene rings is 2. The molecular weight excluding hydrogens is 324 g/mol. The van der Waals surface area contributed by atoms with E-state index >= 15 is 0 Å². The molecule has 1 heterocycles. The first-order valence-corrected chi connectivity index (χ1v) is 8.44. The van der Waals surface area contributed by atoms with Crippen molar-refractivity contribution < 1.29 is 4.74 Å². The van der Waals surface area contributed by atoms with Gasteiger partial charge in [0, 0.05) is 11.9 Å². The number of nitrogens with one attached hydrogen (secondary N) is 1. The fourth-order valence-electron chi connectivity index (χ4n) is 2.38. The molecular formula is C21H22N4O. The minimum absolute atomic E-state index is 0.383. The molecule has 2 aromatic carbocycles. The summed E-state index contributed by atoms with van der Waals surface area (Å²) >= 11 is 0. The smallest absolute Gasteiger partial charge is 0.193 e. The lowest BCUT2D eigenvalue weighted by Gasteiger charge is -2.08. The molecule has 0 atom stereocenters. The molecule has 5 nitrogen and oxygen atoms in total. The largest absolute Gasteiger partial charge is 0.487 e. The standard InChI is InChI=1S/C21H22N4O/c1-16-8-10-18(11-9-16)25-21(22)24-14-17-5-4-7-20(13-17)26-15-19-6-2-3-12-23-19/h2-13H,14-15H2,1H3,(H3,22,24,25). The maximum absolute atomic E-state index is 5.96. The molecule has 1 aromatic heterocycles. The maximum atomic E-state index is 5.96. The Hall–Kier alpha value is -3.34. The molecule has 132 valence electrons. The number of aryl methyl sites for hydroxylation is 1. The van der Waals surface area contributed by atoms with E-state index in [4.69, 9.17) is 10.5 Å². The molecule has 0 unspecified atom stereocenters. The van der Waals surface area contributed by atoms with Crippen molar-refractivity contribution >= 4 is 11.6 Å². The second-order valence-electron chi connectivity index (χ2n) is 5.95. The molecule has 0 saturated heterocycles. The van der Waals surface area contributed by atoms with E-state index in [-0.39, 0.29) is 0 Å². The molecule has 0 amide bonds. The van der Waals surface area contributed by atoms with Gasteiger partial charge < -0.3 is 15.8 Å². The zero-order valence-corrected chi connectivity index (χ0v) is 14.7. The molecule has 0 bridgehead atoms. The molecule has 0 aliphatic heterocycles. The van der Waals surface area contributed by atoms with Gasteiger partial charge in [-0.2, -0.15) is 0 Å². The molecule has 0 spiro atoms. The first kappa shape index (κ1) is 17.5. The van der Waals surface area contributed by atoms with Crippen molar-refractivity contribution in [2.75, 3.05) is 5.32 Å². The topological polar surface area (TPSA) is 72.5 Å². The summed E-state index contributed by atoms with van der Waals surface area (Å²) in [7, 11) is 0. The summed E-state index contributed by atoms with van der Waals surface area (Å²) in [5, 5.41) is 3.09. The SMILES string of the molecule is Cc1ccc(NC(N)=NCc2cccc(OCc3ccccn3)c2)cc1. The fourth-order valence-corrected chi connectivity index (χ4v) is 2.38. The monoisotopic (exact) mass is 346 g/mol. The minimum atomic E-state index is 0.383. The Morgan fingerprint density at radius 3 is 2.69 bits per heavy atom. The number of aliphatic imine (C=N–C) groups is 1. The number of pyridine rings is 1. The zero-order chi connectivity index (χ0) is 18.2. The number of hydrogen-bond donors (Lipinski definition) is 2. The van der Waals surface area contributed by atoms with Crippen LogP contribution in [0.4, 0.5) is 5.69 Å². The summed E-state index contributed by atoms with van der Waals surface area (Å²) in [4.78, 5) is 8.64. The van der Waals surface area contributed by atoms with Crippen LogP contribution in [0.1, 0.15) is 16.8 Å². The number of rotatable bonds is 6. The van der Waals surface area contributed by atoms with E-state index in [0.717, 1.165) is 22.7 Å². The van der Waals surface area contributed by atoms with Gasteiger partial charge in [-0.05, 0) is 48.9 Å². The molecule has 5 heteroatoms. The highest BCUT2D eigenvalue weighted by Crippen LogP contribution is 2.15. The average Bonchev–Trinajstić information content (AvgIpc) is 2.68. The second kappa shape index (κ2) is 8.67. The van der Waals surface area contributed by atoms with Gasteiger partial charge >= 0.3 is 0 Å². The summed E-state index contributed by atoms with van der Waals surface area (Å²) in [6, 6.07) is 21.6. The zero-order valence-electron chi connectivity index (χ0n) is 14.7. The number of aromatic nitrogens is 1. The Morgan fingerprint density at radius 1 is 1.08 bits per heavy atom. The predicted octanol–water partition coefficient (Wildman–Crippen LogP) is 3.90. The van der Waals surface area contributed by atoms with E-state index in [1.807, 2.05) is 73.7 Å². The summed E-state index contributed by atoms with van der Waals surface area (Å²) in [6.45, 7) is 2.96. The number of hydrogen-bond acceptors (Lipinski definition) is 3. The van der Waals surface area contributed by atoms with Gasteiger partial charge in [0.15, 0.2) is 5.96 Å². The first-order valence-electron chi connectivity index (χ1n) is 8.44. The fraction of sp³-hybridized carbons (Fsp3) is 0.143. The van der Waals surface area contributed by atoms with Crippen LogP contribution < -0.4 is 15.8 Å². The van der Waals surface area contributed by atoms with Gasteiger partial charge in [0.05, 0.1) is 12.2 Å². The van der Waals surface area contributed by atoms with E-state index in [1.54, 1.807) is 6.20 Å². The second-order valence-corrected chi connectivity index (χ2v) is 5.95. The van der Waals surface area contributed by atoms with Crippen LogP contribution in [-0.2, 0) is 13.2 Å². The van der Waals surface area contributed by atoms with Gasteiger partial charge in [0.25, 0.3) is 0 Å². The van der Waals surface area contributed by atoms with E-state index in [0.29, 0.717) is 19.1 Å². The number of ether oxygens (including phenoxy) is 1. The Kier molecular flexibility index (Phi) is 5.83. The molecule has 0 aliphatic rings. The van der Waals surface area contributed by atoms with Crippen LogP contribution in [0.5, 0.6) is 5.75 Å². The van der Waals surface area contributed by atoms with Crippen molar-refractivity contribution in [3.63, 3.8) is 0 Å². The van der Waals surface area contributed by atoms with Crippen molar-refractivity contribution in [1.82, 2.24) is 4.98 Å². The highest BCUT2D eigenvalue weighted by molar-refractivity contribution is 5.92. The average molecular weight is 346 g/mol. The van der Waals surface area contributed by atoms with Gasteiger partial charge in [-0.15, -0.1) is 0 Å². The molecule has 0 fully saturated rings. The Balaban J connectivity index is 1.56. The Labute approximate surface area is 153 Å². The summed E-state index contributed by atoms with van der Waals surface area (Å²) in [5.41, 5.74) is 10.0. The van der Waals surface area contributed by atoms with Crippen molar-refractivity contribution in [2.24, 2.45) is 10.7 Å². The predicted molar refractivity (Wildman–Crippen MR) is 105 cm³/mol. The minimum Gasteiger partial charge on any atom is -0.487 e. The van der Waals surface area contributed by atoms with Crippen LogP contribution in [0.25, 0.3) is 0 Å². The van der Waals surface area contributed by atoms with E-state index < -0.39 is 0 Å². The number of nitrogens with zero attached hydrogens (tertiary/aromatic N) is 2. The number of anilines is 1. The molecule has 3 aromatic rings. The maximum Gasteiger partial charge on any atom is 0.193 e. The van der Waals surface area contributed by atoms with Crippen LogP contribution in [0.2, 0.25) is 0 Å². The van der Waals surface area contributed by atoms with E-state index in [1.165, 1.54) is 5.56 Å². The summed E-state index contributed by atoms with van der Waals surface area (Å²) < 4.78 is 5.79. The molecule has 3 N–H and O–H groups in total. The van der Waals surface area contributed by atoms with E-state index in [9.17, 15) is 0 Å². The normalized spacial score (nSPS) is 11.2.